The van der Waals surface area contributed by atoms with E-state index in [0.717, 1.165) is 11.3 Å². The van der Waals surface area contributed by atoms with Crippen molar-refractivity contribution in [1.82, 2.24) is 4.98 Å². The smallest absolute Gasteiger partial charge is 0.267 e. The first kappa shape index (κ1) is 25.0. The van der Waals surface area contributed by atoms with Crippen LogP contribution in [0.1, 0.15) is 16.9 Å². The predicted molar refractivity (Wildman–Crippen MR) is 139 cm³/mol. The third-order valence-electron chi connectivity index (χ3n) is 5.48. The number of hydrazone groups is 1. The third-order valence-corrected chi connectivity index (χ3v) is 5.48. The van der Waals surface area contributed by atoms with Gasteiger partial charge in [0.2, 0.25) is 0 Å². The summed E-state index contributed by atoms with van der Waals surface area (Å²) in [7, 11) is 0. The van der Waals surface area contributed by atoms with Gasteiger partial charge in [-0.2, -0.15) is 5.10 Å². The van der Waals surface area contributed by atoms with Crippen LogP contribution in [0, 0.1) is 11.3 Å². The van der Waals surface area contributed by atoms with Crippen LogP contribution in [0.2, 0.25) is 0 Å². The minimum Gasteiger partial charge on any atom is -0.457 e. The van der Waals surface area contributed by atoms with E-state index in [1.807, 2.05) is 41.3 Å². The summed E-state index contributed by atoms with van der Waals surface area (Å²) >= 11 is 0. The molecule has 0 atom stereocenters. The Balaban J connectivity index is 1.69. The molecule has 37 heavy (non-hydrogen) atoms. The highest BCUT2D eigenvalue weighted by molar-refractivity contribution is 5.93. The van der Waals surface area contributed by atoms with Crippen LogP contribution in [-0.2, 0) is 0 Å². The maximum Gasteiger partial charge on any atom is 0.267 e. The fourth-order valence-corrected chi connectivity index (χ4v) is 3.65. The SMILES string of the molecule is N=N/C(CCN(c1ccccc1)c1cc(C(N)=O)nc(-c2ccc(Oc3ccc(F)cc3)cc2)c1)=N\N. The van der Waals surface area contributed by atoms with Crippen molar-refractivity contribution in [2.75, 3.05) is 11.4 Å². The van der Waals surface area contributed by atoms with Crippen LogP contribution in [0.15, 0.2) is 101 Å². The summed E-state index contributed by atoms with van der Waals surface area (Å²) in [5.74, 6) is 5.57. The first-order chi connectivity index (χ1) is 18.0. The van der Waals surface area contributed by atoms with E-state index >= 15 is 0 Å². The third kappa shape index (κ3) is 6.31. The molecule has 0 aliphatic carbocycles. The molecule has 0 fully saturated rings. The van der Waals surface area contributed by atoms with E-state index in [0.29, 0.717) is 35.8 Å². The number of carbonyl (C=O) groups excluding carboxylic acids is 1. The lowest BCUT2D eigenvalue weighted by atomic mass is 10.1. The van der Waals surface area contributed by atoms with Gasteiger partial charge in [0.1, 0.15) is 23.0 Å². The molecule has 4 aromatic rings. The van der Waals surface area contributed by atoms with Gasteiger partial charge in [-0.3, -0.25) is 4.79 Å². The number of benzene rings is 3. The number of nitrogens with two attached hydrogens (primary N) is 2. The monoisotopic (exact) mass is 497 g/mol. The molecule has 0 aliphatic rings. The van der Waals surface area contributed by atoms with Crippen LogP contribution in [0.25, 0.3) is 11.3 Å². The number of primary amides is 1. The van der Waals surface area contributed by atoms with E-state index in [9.17, 15) is 9.18 Å². The van der Waals surface area contributed by atoms with Crippen LogP contribution in [-0.4, -0.2) is 23.3 Å². The van der Waals surface area contributed by atoms with Gasteiger partial charge in [-0.25, -0.2) is 14.9 Å². The predicted octanol–water partition coefficient (Wildman–Crippen LogP) is 5.61. The number of pyridine rings is 1. The molecular formula is C27H24FN7O2. The summed E-state index contributed by atoms with van der Waals surface area (Å²) in [4.78, 5) is 18.6. The van der Waals surface area contributed by atoms with Crippen LogP contribution < -0.4 is 21.2 Å². The van der Waals surface area contributed by atoms with E-state index in [1.54, 1.807) is 42.5 Å². The Hall–Kier alpha value is -5.12. The van der Waals surface area contributed by atoms with Gasteiger partial charge < -0.3 is 21.2 Å². The molecule has 186 valence electrons. The van der Waals surface area contributed by atoms with Crippen LogP contribution >= 0.6 is 0 Å². The summed E-state index contributed by atoms with van der Waals surface area (Å²) in [6.45, 7) is 0.383. The number of anilines is 2. The van der Waals surface area contributed by atoms with Gasteiger partial charge >= 0.3 is 0 Å². The molecule has 10 heteroatoms. The number of rotatable bonds is 9. The molecule has 0 radical (unpaired) electrons. The van der Waals surface area contributed by atoms with Crippen molar-refractivity contribution in [3.8, 4) is 22.8 Å². The Kier molecular flexibility index (Phi) is 7.79. The fourth-order valence-electron chi connectivity index (χ4n) is 3.65. The number of amidine groups is 1. The van der Waals surface area contributed by atoms with Crippen molar-refractivity contribution >= 4 is 23.1 Å². The second-order valence-electron chi connectivity index (χ2n) is 7.93. The van der Waals surface area contributed by atoms with Gasteiger partial charge in [0.15, 0.2) is 5.84 Å². The highest BCUT2D eigenvalue weighted by Crippen LogP contribution is 2.31. The molecule has 0 spiro atoms. The van der Waals surface area contributed by atoms with Crippen molar-refractivity contribution in [2.24, 2.45) is 21.8 Å². The Morgan fingerprint density at radius 2 is 1.59 bits per heavy atom. The molecule has 0 bridgehead atoms. The minimum absolute atomic E-state index is 0.0953. The van der Waals surface area contributed by atoms with Crippen molar-refractivity contribution in [3.63, 3.8) is 0 Å². The number of amides is 1. The number of hydrogen-bond acceptors (Lipinski definition) is 7. The second kappa shape index (κ2) is 11.5. The number of halogens is 1. The van der Waals surface area contributed by atoms with E-state index in [1.165, 1.54) is 12.1 Å². The van der Waals surface area contributed by atoms with E-state index < -0.39 is 5.91 Å². The molecule has 1 aromatic heterocycles. The number of hydrogen-bond donors (Lipinski definition) is 3. The fraction of sp³-hybridized carbons (Fsp3) is 0.0741. The summed E-state index contributed by atoms with van der Waals surface area (Å²) in [5, 5.41) is 6.89. The number of ether oxygens (including phenoxy) is 1. The number of carbonyl (C=O) groups is 1. The summed E-state index contributed by atoms with van der Waals surface area (Å²) in [5.41, 5.74) is 15.7. The van der Waals surface area contributed by atoms with Gasteiger partial charge in [-0.15, -0.1) is 5.11 Å². The number of aromatic nitrogens is 1. The zero-order valence-corrected chi connectivity index (χ0v) is 19.7. The average Bonchev–Trinajstić information content (AvgIpc) is 2.93. The normalized spacial score (nSPS) is 11.1. The zero-order chi connectivity index (χ0) is 26.2. The van der Waals surface area contributed by atoms with Crippen LogP contribution in [0.3, 0.4) is 0 Å². The highest BCUT2D eigenvalue weighted by Gasteiger charge is 2.16. The van der Waals surface area contributed by atoms with Crippen molar-refractivity contribution in [1.29, 1.82) is 5.53 Å². The van der Waals surface area contributed by atoms with Gasteiger partial charge in [0, 0.05) is 29.9 Å². The Labute approximate surface area is 212 Å². The molecular weight excluding hydrogens is 473 g/mol. The molecule has 4 rings (SSSR count). The number of para-hydroxylation sites is 1. The van der Waals surface area contributed by atoms with Gasteiger partial charge in [-0.1, -0.05) is 18.2 Å². The van der Waals surface area contributed by atoms with Crippen molar-refractivity contribution in [3.05, 3.63) is 103 Å². The standard InChI is InChI=1S/C27H24FN7O2/c28-19-8-12-23(13-9-19)37-22-10-6-18(7-11-22)24-16-21(17-25(32-24)27(29)36)35(15-14-26(33-30)34-31)20-4-2-1-3-5-20/h1-13,16-17,30H,14-15,31H2,(H2,29,36)/b33-30?,34-26-. The lowest BCUT2D eigenvalue weighted by Crippen LogP contribution is -2.22. The molecule has 0 saturated carbocycles. The molecule has 0 aliphatic heterocycles. The first-order valence-electron chi connectivity index (χ1n) is 11.3. The Bertz CT molecular complexity index is 1410. The van der Waals surface area contributed by atoms with Gasteiger partial charge in [0.25, 0.3) is 5.91 Å². The summed E-state index contributed by atoms with van der Waals surface area (Å²) < 4.78 is 18.9. The van der Waals surface area contributed by atoms with Crippen molar-refractivity contribution < 1.29 is 13.9 Å². The van der Waals surface area contributed by atoms with E-state index in [2.05, 4.69) is 15.2 Å². The van der Waals surface area contributed by atoms with Gasteiger partial charge in [0.05, 0.1) is 5.69 Å². The number of nitrogens with one attached hydrogen (secondary N) is 1. The lowest BCUT2D eigenvalue weighted by Gasteiger charge is -2.25. The Morgan fingerprint density at radius 3 is 2.19 bits per heavy atom. The molecule has 1 heterocycles. The van der Waals surface area contributed by atoms with Crippen molar-refractivity contribution in [2.45, 2.75) is 6.42 Å². The highest BCUT2D eigenvalue weighted by atomic mass is 19.1. The quantitative estimate of drug-likeness (QED) is 0.0905. The molecule has 9 nitrogen and oxygen atoms in total. The topological polar surface area (TPSA) is 143 Å². The molecule has 1 amide bonds. The maximum absolute atomic E-state index is 13.2. The maximum atomic E-state index is 13.2. The van der Waals surface area contributed by atoms with E-state index in [4.69, 9.17) is 21.8 Å². The van der Waals surface area contributed by atoms with E-state index in [-0.39, 0.29) is 17.3 Å². The molecule has 0 unspecified atom stereocenters. The number of nitrogens with zero attached hydrogens (tertiary/aromatic N) is 4. The second-order valence-corrected chi connectivity index (χ2v) is 7.93. The largest absolute Gasteiger partial charge is 0.457 e. The Morgan fingerprint density at radius 1 is 0.946 bits per heavy atom. The van der Waals surface area contributed by atoms with Crippen LogP contribution in [0.5, 0.6) is 11.5 Å². The first-order valence-corrected chi connectivity index (χ1v) is 11.3. The zero-order valence-electron chi connectivity index (χ0n) is 19.7. The molecule has 3 aromatic carbocycles. The minimum atomic E-state index is -0.669. The van der Waals surface area contributed by atoms with Gasteiger partial charge in [-0.05, 0) is 72.8 Å². The lowest BCUT2D eigenvalue weighted by molar-refractivity contribution is 0.0995. The summed E-state index contributed by atoms with van der Waals surface area (Å²) in [6, 6.07) is 25.8. The van der Waals surface area contributed by atoms with Crippen LogP contribution in [0.4, 0.5) is 15.8 Å². The molecule has 0 saturated heterocycles. The average molecular weight is 498 g/mol. The molecule has 5 N–H and O–H groups in total. The summed E-state index contributed by atoms with van der Waals surface area (Å²) in [6.07, 6.45) is 0.299.